The molecule has 1 fully saturated rings. The maximum Gasteiger partial charge on any atom is 0.225 e. The van der Waals surface area contributed by atoms with Crippen LogP contribution in [0.3, 0.4) is 0 Å². The number of thiophene rings is 1. The lowest BCUT2D eigenvalue weighted by Gasteiger charge is -2.17. The van der Waals surface area contributed by atoms with Crippen molar-refractivity contribution >= 4 is 17.3 Å². The van der Waals surface area contributed by atoms with Gasteiger partial charge in [-0.15, -0.1) is 0 Å². The summed E-state index contributed by atoms with van der Waals surface area (Å²) < 4.78 is 0. The first kappa shape index (κ1) is 13.4. The highest BCUT2D eigenvalue weighted by Gasteiger charge is 2.18. The van der Waals surface area contributed by atoms with Crippen LogP contribution in [-0.4, -0.2) is 28.0 Å². The Hall–Kier alpha value is -2.27. The summed E-state index contributed by atoms with van der Waals surface area (Å²) in [6.45, 7) is 2.09. The van der Waals surface area contributed by atoms with Crippen LogP contribution in [0, 0.1) is 0 Å². The molecule has 0 radical (unpaired) electrons. The van der Waals surface area contributed by atoms with Crippen molar-refractivity contribution < 1.29 is 0 Å². The largest absolute Gasteiger partial charge is 0.341 e. The van der Waals surface area contributed by atoms with E-state index < -0.39 is 0 Å². The van der Waals surface area contributed by atoms with E-state index in [0.29, 0.717) is 0 Å². The van der Waals surface area contributed by atoms with Crippen LogP contribution in [0.5, 0.6) is 0 Å². The van der Waals surface area contributed by atoms with E-state index in [1.54, 1.807) is 17.5 Å². The molecule has 0 bridgehead atoms. The third-order valence-electron chi connectivity index (χ3n) is 3.93. The molecule has 5 heteroatoms. The van der Waals surface area contributed by atoms with Crippen molar-refractivity contribution in [1.29, 1.82) is 0 Å². The Morgan fingerprint density at radius 1 is 1.05 bits per heavy atom. The molecule has 4 rings (SSSR count). The van der Waals surface area contributed by atoms with Gasteiger partial charge in [0.2, 0.25) is 5.95 Å². The van der Waals surface area contributed by atoms with Crippen LogP contribution in [-0.2, 0) is 0 Å². The molecule has 0 atom stereocenters. The van der Waals surface area contributed by atoms with Gasteiger partial charge in [0, 0.05) is 42.8 Å². The highest BCUT2D eigenvalue weighted by molar-refractivity contribution is 7.08. The summed E-state index contributed by atoms with van der Waals surface area (Å²) in [5.74, 6) is 0.829. The molecule has 0 amide bonds. The van der Waals surface area contributed by atoms with Crippen LogP contribution in [0.1, 0.15) is 12.8 Å². The van der Waals surface area contributed by atoms with Crippen LogP contribution in [0.4, 0.5) is 5.95 Å². The number of rotatable bonds is 3. The van der Waals surface area contributed by atoms with Crippen molar-refractivity contribution in [3.05, 3.63) is 47.5 Å². The molecule has 0 spiro atoms. The van der Waals surface area contributed by atoms with Gasteiger partial charge in [-0.3, -0.25) is 4.98 Å². The number of pyridine rings is 1. The third-order valence-corrected chi connectivity index (χ3v) is 4.62. The Morgan fingerprint density at radius 2 is 1.95 bits per heavy atom. The summed E-state index contributed by atoms with van der Waals surface area (Å²) in [4.78, 5) is 16.0. The summed E-state index contributed by atoms with van der Waals surface area (Å²) in [6, 6.07) is 6.11. The predicted octanol–water partition coefficient (Wildman–Crippen LogP) is 3.87. The molecule has 3 aromatic heterocycles. The minimum atomic E-state index is 0.829. The SMILES string of the molecule is c1cncc(-c2nc(N3CCCC3)ncc2-c2ccsc2)c1. The molecular formula is C17H16N4S. The van der Waals surface area contributed by atoms with E-state index in [-0.39, 0.29) is 0 Å². The van der Waals surface area contributed by atoms with Gasteiger partial charge in [0.25, 0.3) is 0 Å². The van der Waals surface area contributed by atoms with Crippen molar-refractivity contribution in [2.75, 3.05) is 18.0 Å². The highest BCUT2D eigenvalue weighted by Crippen LogP contribution is 2.32. The monoisotopic (exact) mass is 308 g/mol. The minimum absolute atomic E-state index is 0.829. The molecule has 1 aliphatic rings. The molecule has 0 aromatic carbocycles. The van der Waals surface area contributed by atoms with Crippen LogP contribution in [0.2, 0.25) is 0 Å². The number of anilines is 1. The molecule has 4 nitrogen and oxygen atoms in total. The fourth-order valence-corrected chi connectivity index (χ4v) is 3.45. The zero-order chi connectivity index (χ0) is 14.8. The van der Waals surface area contributed by atoms with Gasteiger partial charge in [0.1, 0.15) is 0 Å². The van der Waals surface area contributed by atoms with Gasteiger partial charge < -0.3 is 4.90 Å². The van der Waals surface area contributed by atoms with Gasteiger partial charge in [0.15, 0.2) is 0 Å². The smallest absolute Gasteiger partial charge is 0.225 e. The van der Waals surface area contributed by atoms with Gasteiger partial charge >= 0.3 is 0 Å². The average Bonchev–Trinajstić information content (AvgIpc) is 3.29. The van der Waals surface area contributed by atoms with E-state index in [0.717, 1.165) is 41.4 Å². The number of aromatic nitrogens is 3. The van der Waals surface area contributed by atoms with Crippen LogP contribution >= 0.6 is 11.3 Å². The van der Waals surface area contributed by atoms with Crippen LogP contribution in [0.25, 0.3) is 22.4 Å². The summed E-state index contributed by atoms with van der Waals surface area (Å²) in [5.41, 5.74) is 4.23. The molecule has 22 heavy (non-hydrogen) atoms. The minimum Gasteiger partial charge on any atom is -0.341 e. The van der Waals surface area contributed by atoms with E-state index in [1.807, 2.05) is 18.5 Å². The van der Waals surface area contributed by atoms with Crippen LogP contribution < -0.4 is 4.90 Å². The van der Waals surface area contributed by atoms with E-state index >= 15 is 0 Å². The van der Waals surface area contributed by atoms with Gasteiger partial charge in [-0.2, -0.15) is 11.3 Å². The van der Waals surface area contributed by atoms with Gasteiger partial charge in [-0.1, -0.05) is 0 Å². The lowest BCUT2D eigenvalue weighted by atomic mass is 10.0. The average molecular weight is 308 g/mol. The van der Waals surface area contributed by atoms with E-state index in [1.165, 1.54) is 12.8 Å². The number of nitrogens with zero attached hydrogens (tertiary/aromatic N) is 4. The number of hydrogen-bond donors (Lipinski definition) is 0. The maximum atomic E-state index is 4.86. The lowest BCUT2D eigenvalue weighted by molar-refractivity contribution is 0.900. The molecule has 0 unspecified atom stereocenters. The topological polar surface area (TPSA) is 41.9 Å². The predicted molar refractivity (Wildman–Crippen MR) is 90.0 cm³/mol. The maximum absolute atomic E-state index is 4.86. The first-order valence-electron chi connectivity index (χ1n) is 7.47. The molecular weight excluding hydrogens is 292 g/mol. The molecule has 3 aromatic rings. The van der Waals surface area contributed by atoms with E-state index in [9.17, 15) is 0 Å². The van der Waals surface area contributed by atoms with Gasteiger partial charge in [-0.25, -0.2) is 9.97 Å². The van der Waals surface area contributed by atoms with E-state index in [4.69, 9.17) is 4.98 Å². The van der Waals surface area contributed by atoms with Crippen molar-refractivity contribution in [3.63, 3.8) is 0 Å². The lowest BCUT2D eigenvalue weighted by Crippen LogP contribution is -2.20. The molecule has 4 heterocycles. The molecule has 0 N–H and O–H groups in total. The first-order valence-corrected chi connectivity index (χ1v) is 8.41. The zero-order valence-electron chi connectivity index (χ0n) is 12.1. The summed E-state index contributed by atoms with van der Waals surface area (Å²) >= 11 is 1.69. The second-order valence-corrected chi connectivity index (χ2v) is 6.16. The van der Waals surface area contributed by atoms with Crippen molar-refractivity contribution in [2.24, 2.45) is 0 Å². The molecule has 110 valence electrons. The second kappa shape index (κ2) is 5.85. The Labute approximate surface area is 133 Å². The third kappa shape index (κ3) is 2.48. The first-order chi connectivity index (χ1) is 10.9. The summed E-state index contributed by atoms with van der Waals surface area (Å²) in [6.07, 6.45) is 8.04. The van der Waals surface area contributed by atoms with Gasteiger partial charge in [-0.05, 0) is 47.4 Å². The zero-order valence-corrected chi connectivity index (χ0v) is 13.0. The van der Waals surface area contributed by atoms with Crippen molar-refractivity contribution in [2.45, 2.75) is 12.8 Å². The summed E-state index contributed by atoms with van der Waals surface area (Å²) in [5, 5.41) is 4.21. The van der Waals surface area contributed by atoms with Crippen molar-refractivity contribution in [3.8, 4) is 22.4 Å². The second-order valence-electron chi connectivity index (χ2n) is 5.38. The van der Waals surface area contributed by atoms with Crippen LogP contribution in [0.15, 0.2) is 47.5 Å². The number of hydrogen-bond acceptors (Lipinski definition) is 5. The summed E-state index contributed by atoms with van der Waals surface area (Å²) in [7, 11) is 0. The quantitative estimate of drug-likeness (QED) is 0.736. The standard InChI is InChI=1S/C17H16N4S/c1-2-8-21(7-1)17-19-11-15(14-5-9-22-12-14)16(20-17)13-4-3-6-18-10-13/h3-6,9-12H,1-2,7-8H2. The van der Waals surface area contributed by atoms with Gasteiger partial charge in [0.05, 0.1) is 5.69 Å². The Kier molecular flexibility index (Phi) is 3.56. The Bertz CT molecular complexity index is 750. The normalized spacial score (nSPS) is 14.5. The molecule has 1 saturated heterocycles. The molecule has 0 aliphatic carbocycles. The fraction of sp³-hybridized carbons (Fsp3) is 0.235. The highest BCUT2D eigenvalue weighted by atomic mass is 32.1. The molecule has 1 aliphatic heterocycles. The van der Waals surface area contributed by atoms with E-state index in [2.05, 4.69) is 37.8 Å². The molecule has 0 saturated carbocycles. The van der Waals surface area contributed by atoms with Crippen molar-refractivity contribution in [1.82, 2.24) is 15.0 Å². The Morgan fingerprint density at radius 3 is 2.68 bits per heavy atom. The Balaban J connectivity index is 1.85. The fourth-order valence-electron chi connectivity index (χ4n) is 2.79.